The molecule has 0 aliphatic carbocycles. The van der Waals surface area contributed by atoms with E-state index in [4.69, 9.17) is 0 Å². The second-order valence-electron chi connectivity index (χ2n) is 4.34. The molecule has 0 unspecified atom stereocenters. The van der Waals surface area contributed by atoms with Gasteiger partial charge in [-0.2, -0.15) is 0 Å². The van der Waals surface area contributed by atoms with Crippen LogP contribution >= 0.6 is 11.8 Å². The number of nitrogens with zero attached hydrogens (tertiary/aromatic N) is 3. The summed E-state index contributed by atoms with van der Waals surface area (Å²) < 4.78 is 2.04. The summed E-state index contributed by atoms with van der Waals surface area (Å²) in [6.45, 7) is 4.99. The quantitative estimate of drug-likeness (QED) is 0.841. The van der Waals surface area contributed by atoms with Crippen molar-refractivity contribution in [3.8, 4) is 0 Å². The number of para-hydroxylation sites is 1. The van der Waals surface area contributed by atoms with E-state index in [2.05, 4.69) is 29.4 Å². The second-order valence-corrected chi connectivity index (χ2v) is 5.89. The minimum Gasteiger partial charge on any atom is -0.378 e. The van der Waals surface area contributed by atoms with Crippen molar-refractivity contribution in [2.24, 2.45) is 7.05 Å². The van der Waals surface area contributed by atoms with E-state index in [0.717, 1.165) is 16.7 Å². The topological polar surface area (TPSA) is 42.7 Å². The zero-order chi connectivity index (χ0) is 13.0. The van der Waals surface area contributed by atoms with Crippen molar-refractivity contribution < 1.29 is 0 Å². The summed E-state index contributed by atoms with van der Waals surface area (Å²) in [6, 6.07) is 10.1. The lowest BCUT2D eigenvalue weighted by Gasteiger charge is -2.07. The highest BCUT2D eigenvalue weighted by atomic mass is 32.2. The Hall–Kier alpha value is -1.49. The molecule has 0 spiro atoms. The maximum atomic E-state index is 4.21. The molecule has 0 saturated carbocycles. The molecule has 1 heterocycles. The van der Waals surface area contributed by atoms with Gasteiger partial charge in [0.05, 0.1) is 6.54 Å². The van der Waals surface area contributed by atoms with Gasteiger partial charge in [0, 0.05) is 18.0 Å². The maximum Gasteiger partial charge on any atom is 0.191 e. The third kappa shape index (κ3) is 3.26. The molecule has 0 saturated heterocycles. The number of thioether (sulfide) groups is 1. The lowest BCUT2D eigenvalue weighted by atomic mass is 10.3. The molecule has 1 aromatic heterocycles. The molecule has 96 valence electrons. The summed E-state index contributed by atoms with van der Waals surface area (Å²) >= 11 is 1.73. The van der Waals surface area contributed by atoms with Crippen LogP contribution in [0.2, 0.25) is 0 Å². The minimum absolute atomic E-state index is 0.517. The standard InChI is InChI=1S/C13H18N4S/c1-10(2)18-13-16-15-12(17(13)3)9-14-11-7-5-4-6-8-11/h4-8,10,14H,9H2,1-3H3. The number of aromatic nitrogens is 3. The largest absolute Gasteiger partial charge is 0.378 e. The van der Waals surface area contributed by atoms with Crippen LogP contribution < -0.4 is 5.32 Å². The van der Waals surface area contributed by atoms with Gasteiger partial charge in [0.25, 0.3) is 0 Å². The van der Waals surface area contributed by atoms with E-state index in [1.807, 2.05) is 41.9 Å². The SMILES string of the molecule is CC(C)Sc1nnc(CNc2ccccc2)n1C. The van der Waals surface area contributed by atoms with Gasteiger partial charge < -0.3 is 9.88 Å². The van der Waals surface area contributed by atoms with Gasteiger partial charge in [0.1, 0.15) is 0 Å². The van der Waals surface area contributed by atoms with E-state index in [9.17, 15) is 0 Å². The predicted molar refractivity (Wildman–Crippen MR) is 75.8 cm³/mol. The first-order valence-electron chi connectivity index (χ1n) is 6.00. The van der Waals surface area contributed by atoms with Crippen LogP contribution in [-0.4, -0.2) is 20.0 Å². The zero-order valence-corrected chi connectivity index (χ0v) is 11.7. The Morgan fingerprint density at radius 2 is 1.94 bits per heavy atom. The molecule has 1 N–H and O–H groups in total. The molecule has 4 nitrogen and oxygen atoms in total. The molecule has 2 rings (SSSR count). The van der Waals surface area contributed by atoms with Crippen molar-refractivity contribution in [2.75, 3.05) is 5.32 Å². The molecule has 5 heteroatoms. The molecule has 0 aliphatic rings. The number of hydrogen-bond donors (Lipinski definition) is 1. The zero-order valence-electron chi connectivity index (χ0n) is 10.9. The average Bonchev–Trinajstić information content (AvgIpc) is 2.69. The lowest BCUT2D eigenvalue weighted by molar-refractivity contribution is 0.742. The number of anilines is 1. The number of rotatable bonds is 5. The van der Waals surface area contributed by atoms with E-state index in [1.54, 1.807) is 11.8 Å². The number of benzene rings is 1. The Morgan fingerprint density at radius 3 is 2.61 bits per heavy atom. The fraction of sp³-hybridized carbons (Fsp3) is 0.385. The van der Waals surface area contributed by atoms with Gasteiger partial charge in [-0.1, -0.05) is 43.8 Å². The van der Waals surface area contributed by atoms with Crippen molar-refractivity contribution in [1.29, 1.82) is 0 Å². The van der Waals surface area contributed by atoms with Gasteiger partial charge in [-0.3, -0.25) is 0 Å². The third-order valence-electron chi connectivity index (χ3n) is 2.49. The van der Waals surface area contributed by atoms with Crippen molar-refractivity contribution in [1.82, 2.24) is 14.8 Å². The Labute approximate surface area is 112 Å². The van der Waals surface area contributed by atoms with E-state index < -0.39 is 0 Å². The fourth-order valence-corrected chi connectivity index (χ4v) is 2.32. The monoisotopic (exact) mass is 262 g/mol. The summed E-state index contributed by atoms with van der Waals surface area (Å²) in [5.41, 5.74) is 1.10. The van der Waals surface area contributed by atoms with E-state index in [1.165, 1.54) is 0 Å². The van der Waals surface area contributed by atoms with Crippen molar-refractivity contribution in [3.63, 3.8) is 0 Å². The lowest BCUT2D eigenvalue weighted by Crippen LogP contribution is -2.06. The van der Waals surface area contributed by atoms with Crippen LogP contribution in [0.3, 0.4) is 0 Å². The molecule has 1 aromatic carbocycles. The highest BCUT2D eigenvalue weighted by Crippen LogP contribution is 2.20. The van der Waals surface area contributed by atoms with Crippen LogP contribution in [0.1, 0.15) is 19.7 Å². The molecular formula is C13H18N4S. The van der Waals surface area contributed by atoms with E-state index in [0.29, 0.717) is 11.8 Å². The number of hydrogen-bond acceptors (Lipinski definition) is 4. The van der Waals surface area contributed by atoms with Gasteiger partial charge in [-0.05, 0) is 12.1 Å². The first-order valence-corrected chi connectivity index (χ1v) is 6.88. The highest BCUT2D eigenvalue weighted by molar-refractivity contribution is 7.99. The van der Waals surface area contributed by atoms with Crippen molar-refractivity contribution >= 4 is 17.4 Å². The molecule has 0 atom stereocenters. The Balaban J connectivity index is 2.00. The summed E-state index contributed by atoms with van der Waals surface area (Å²) in [6.07, 6.45) is 0. The molecular weight excluding hydrogens is 244 g/mol. The third-order valence-corrected chi connectivity index (χ3v) is 3.53. The number of nitrogens with one attached hydrogen (secondary N) is 1. The molecule has 0 fully saturated rings. The summed E-state index contributed by atoms with van der Waals surface area (Å²) in [5.74, 6) is 0.946. The van der Waals surface area contributed by atoms with Crippen LogP contribution in [0.25, 0.3) is 0 Å². The summed E-state index contributed by atoms with van der Waals surface area (Å²) in [4.78, 5) is 0. The fourth-order valence-electron chi connectivity index (χ4n) is 1.55. The second kappa shape index (κ2) is 5.91. The average molecular weight is 262 g/mol. The molecule has 18 heavy (non-hydrogen) atoms. The Morgan fingerprint density at radius 1 is 1.22 bits per heavy atom. The van der Waals surface area contributed by atoms with Crippen molar-refractivity contribution in [3.05, 3.63) is 36.2 Å². The molecule has 0 bridgehead atoms. The van der Waals surface area contributed by atoms with Gasteiger partial charge in [-0.15, -0.1) is 10.2 Å². The minimum atomic E-state index is 0.517. The molecule has 2 aromatic rings. The van der Waals surface area contributed by atoms with Gasteiger partial charge in [-0.25, -0.2) is 0 Å². The normalized spacial score (nSPS) is 10.9. The van der Waals surface area contributed by atoms with Gasteiger partial charge in [0.2, 0.25) is 0 Å². The van der Waals surface area contributed by atoms with E-state index >= 15 is 0 Å². The summed E-state index contributed by atoms with van der Waals surface area (Å²) in [7, 11) is 2.01. The van der Waals surface area contributed by atoms with Gasteiger partial charge in [0.15, 0.2) is 11.0 Å². The first kappa shape index (κ1) is 13.0. The smallest absolute Gasteiger partial charge is 0.191 e. The maximum absolute atomic E-state index is 4.21. The van der Waals surface area contributed by atoms with Crippen LogP contribution in [0.4, 0.5) is 5.69 Å². The van der Waals surface area contributed by atoms with Crippen LogP contribution in [0.5, 0.6) is 0 Å². The van der Waals surface area contributed by atoms with Gasteiger partial charge >= 0.3 is 0 Å². The summed E-state index contributed by atoms with van der Waals surface area (Å²) in [5, 5.41) is 13.2. The van der Waals surface area contributed by atoms with Crippen LogP contribution in [0, 0.1) is 0 Å². The Bertz CT molecular complexity index is 493. The predicted octanol–water partition coefficient (Wildman–Crippen LogP) is 2.93. The molecule has 0 radical (unpaired) electrons. The molecule has 0 aliphatic heterocycles. The van der Waals surface area contributed by atoms with E-state index in [-0.39, 0.29) is 0 Å². The van der Waals surface area contributed by atoms with Crippen molar-refractivity contribution in [2.45, 2.75) is 30.8 Å². The highest BCUT2D eigenvalue weighted by Gasteiger charge is 2.10. The first-order chi connectivity index (χ1) is 8.66. The molecule has 0 amide bonds. The van der Waals surface area contributed by atoms with Crippen LogP contribution in [0.15, 0.2) is 35.5 Å². The van der Waals surface area contributed by atoms with Crippen LogP contribution in [-0.2, 0) is 13.6 Å². The Kier molecular flexibility index (Phi) is 4.25.